The van der Waals surface area contributed by atoms with E-state index < -0.39 is 0 Å². The van der Waals surface area contributed by atoms with Crippen LogP contribution < -0.4 is 10.9 Å². The number of nitrogens with one attached hydrogen (secondary N) is 1. The Bertz CT molecular complexity index is 1510. The maximum atomic E-state index is 13.1. The molecule has 34 heavy (non-hydrogen) atoms. The number of nitrogens with zero attached hydrogens (tertiary/aromatic N) is 2. The van der Waals surface area contributed by atoms with Gasteiger partial charge in [0.25, 0.3) is 5.91 Å². The van der Waals surface area contributed by atoms with Gasteiger partial charge < -0.3 is 19.5 Å². The molecule has 1 aliphatic rings. The van der Waals surface area contributed by atoms with Gasteiger partial charge in [-0.2, -0.15) is 0 Å². The number of benzene rings is 2. The van der Waals surface area contributed by atoms with Crippen LogP contribution in [0.25, 0.3) is 21.1 Å². The van der Waals surface area contributed by atoms with E-state index in [0.29, 0.717) is 51.8 Å². The van der Waals surface area contributed by atoms with E-state index >= 15 is 0 Å². The van der Waals surface area contributed by atoms with Crippen molar-refractivity contribution in [3.8, 4) is 0 Å². The van der Waals surface area contributed by atoms with E-state index in [1.165, 1.54) is 17.4 Å². The first-order valence-corrected chi connectivity index (χ1v) is 12.6. The molecule has 4 aromatic rings. The van der Waals surface area contributed by atoms with Gasteiger partial charge in [-0.05, 0) is 49.0 Å². The second-order valence-corrected chi connectivity index (χ2v) is 10.3. The normalized spacial score (nSPS) is 14.1. The fourth-order valence-corrected chi connectivity index (χ4v) is 6.09. The molecular weight excluding hydrogens is 513 g/mol. The average molecular weight is 532 g/mol. The zero-order valence-electron chi connectivity index (χ0n) is 18.1. The molecule has 3 heterocycles. The minimum Gasteiger partial charge on any atom is -0.423 e. The summed E-state index contributed by atoms with van der Waals surface area (Å²) in [7, 11) is 0. The van der Waals surface area contributed by atoms with Crippen molar-refractivity contribution >= 4 is 84.5 Å². The molecule has 0 saturated carbocycles. The molecule has 10 heteroatoms. The maximum Gasteiger partial charge on any atom is 0.336 e. The number of amides is 1. The first-order valence-electron chi connectivity index (χ1n) is 10.6. The van der Waals surface area contributed by atoms with Gasteiger partial charge in [0.05, 0.1) is 5.02 Å². The van der Waals surface area contributed by atoms with Gasteiger partial charge in [-0.1, -0.05) is 29.3 Å². The van der Waals surface area contributed by atoms with Crippen molar-refractivity contribution in [3.05, 3.63) is 73.4 Å². The van der Waals surface area contributed by atoms with Gasteiger partial charge in [0.1, 0.15) is 10.5 Å². The van der Waals surface area contributed by atoms with Crippen molar-refractivity contribution in [2.45, 2.75) is 6.92 Å². The number of piperazine rings is 1. The lowest BCUT2D eigenvalue weighted by Gasteiger charge is -2.36. The molecule has 6 nitrogen and oxygen atoms in total. The molecule has 0 aliphatic carbocycles. The third-order valence-corrected chi connectivity index (χ3v) is 8.08. The van der Waals surface area contributed by atoms with E-state index in [4.69, 9.17) is 39.8 Å². The molecule has 174 valence electrons. The van der Waals surface area contributed by atoms with Gasteiger partial charge in [-0.25, -0.2) is 4.79 Å². The monoisotopic (exact) mass is 531 g/mol. The molecule has 1 fully saturated rings. The van der Waals surface area contributed by atoms with Gasteiger partial charge in [-0.3, -0.25) is 4.79 Å². The highest BCUT2D eigenvalue weighted by molar-refractivity contribution is 7.80. The molecule has 2 aromatic heterocycles. The van der Waals surface area contributed by atoms with Crippen LogP contribution in [-0.2, 0) is 0 Å². The summed E-state index contributed by atoms with van der Waals surface area (Å²) in [6.07, 6.45) is 0. The van der Waals surface area contributed by atoms with Crippen LogP contribution in [0.2, 0.25) is 10.0 Å². The number of aryl methyl sites for hydroxylation is 1. The maximum absolute atomic E-state index is 13.1. The fourth-order valence-electron chi connectivity index (χ4n) is 4.04. The largest absolute Gasteiger partial charge is 0.423 e. The molecule has 0 spiro atoms. The van der Waals surface area contributed by atoms with Crippen molar-refractivity contribution in [2.75, 3.05) is 31.5 Å². The second kappa shape index (κ2) is 9.19. The summed E-state index contributed by atoms with van der Waals surface area (Å²) in [5, 5.41) is 6.57. The summed E-state index contributed by atoms with van der Waals surface area (Å²) < 4.78 is 6.21. The lowest BCUT2D eigenvalue weighted by Crippen LogP contribution is -2.51. The van der Waals surface area contributed by atoms with Crippen LogP contribution in [-0.4, -0.2) is 47.0 Å². The first kappa shape index (κ1) is 23.1. The number of carbonyl (C=O) groups is 1. The van der Waals surface area contributed by atoms with Gasteiger partial charge in [0, 0.05) is 64.5 Å². The molecule has 0 bridgehead atoms. The molecule has 0 atom stereocenters. The number of halogens is 2. The third kappa shape index (κ3) is 4.38. The number of fused-ring (bicyclic) bond motifs is 2. The molecule has 0 radical (unpaired) electrons. The molecule has 1 amide bonds. The Kier molecular flexibility index (Phi) is 6.24. The average Bonchev–Trinajstić information content (AvgIpc) is 3.13. The molecular formula is C24H19Cl2N3O3S2. The topological polar surface area (TPSA) is 65.8 Å². The van der Waals surface area contributed by atoms with Gasteiger partial charge in [0.15, 0.2) is 5.11 Å². The lowest BCUT2D eigenvalue weighted by molar-refractivity contribution is 0.0698. The number of hydrogen-bond acceptors (Lipinski definition) is 5. The molecule has 1 saturated heterocycles. The van der Waals surface area contributed by atoms with E-state index in [2.05, 4.69) is 5.32 Å². The van der Waals surface area contributed by atoms with Gasteiger partial charge in [0.2, 0.25) is 0 Å². The van der Waals surface area contributed by atoms with Crippen molar-refractivity contribution in [2.24, 2.45) is 0 Å². The zero-order valence-corrected chi connectivity index (χ0v) is 21.2. The minimum absolute atomic E-state index is 0.0826. The Hall–Kier alpha value is -2.65. The Morgan fingerprint density at radius 3 is 2.50 bits per heavy atom. The zero-order chi connectivity index (χ0) is 24.0. The molecule has 2 aromatic carbocycles. The number of thiophene rings is 1. The summed E-state index contributed by atoms with van der Waals surface area (Å²) in [5.74, 6) is -0.0826. The Morgan fingerprint density at radius 1 is 1.03 bits per heavy atom. The minimum atomic E-state index is -0.382. The van der Waals surface area contributed by atoms with Crippen LogP contribution in [0.4, 0.5) is 5.69 Å². The summed E-state index contributed by atoms with van der Waals surface area (Å²) in [4.78, 5) is 29.2. The Labute approximate surface area is 214 Å². The smallest absolute Gasteiger partial charge is 0.336 e. The standard InChI is InChI=1S/C24H19Cl2N3O3S2/c1-13-10-20(30)32-18-12-15(3-5-16(13)18)27-24(33)29-8-6-28(7-9-29)23(31)22-21(26)17-4-2-14(25)11-19(17)34-22/h2-5,10-12H,6-9H2,1H3,(H,27,33). The highest BCUT2D eigenvalue weighted by Gasteiger charge is 2.27. The quantitative estimate of drug-likeness (QED) is 0.261. The first-order chi connectivity index (χ1) is 16.3. The van der Waals surface area contributed by atoms with Crippen LogP contribution in [0.1, 0.15) is 15.2 Å². The Balaban J connectivity index is 1.25. The van der Waals surface area contributed by atoms with E-state index in [1.54, 1.807) is 17.0 Å². The predicted octanol–water partition coefficient (Wildman–Crippen LogP) is 5.78. The Morgan fingerprint density at radius 2 is 1.74 bits per heavy atom. The highest BCUT2D eigenvalue weighted by Crippen LogP contribution is 2.37. The molecule has 5 rings (SSSR count). The van der Waals surface area contributed by atoms with Gasteiger partial charge in [-0.15, -0.1) is 11.3 Å². The third-order valence-electron chi connectivity index (χ3n) is 5.84. The van der Waals surface area contributed by atoms with Crippen molar-refractivity contribution < 1.29 is 9.21 Å². The van der Waals surface area contributed by atoms with Crippen molar-refractivity contribution in [1.82, 2.24) is 9.80 Å². The SMILES string of the molecule is Cc1cc(=O)oc2cc(NC(=S)N3CCN(C(=O)c4sc5cc(Cl)ccc5c4Cl)CC3)ccc12. The highest BCUT2D eigenvalue weighted by atomic mass is 35.5. The molecule has 0 unspecified atom stereocenters. The number of hydrogen-bond donors (Lipinski definition) is 1. The van der Waals surface area contributed by atoms with E-state index in [-0.39, 0.29) is 11.5 Å². The van der Waals surface area contributed by atoms with E-state index in [0.717, 1.165) is 26.7 Å². The predicted molar refractivity (Wildman–Crippen MR) is 143 cm³/mol. The van der Waals surface area contributed by atoms with Crippen LogP contribution in [0.3, 0.4) is 0 Å². The van der Waals surface area contributed by atoms with Crippen molar-refractivity contribution in [3.63, 3.8) is 0 Å². The lowest BCUT2D eigenvalue weighted by atomic mass is 10.1. The van der Waals surface area contributed by atoms with E-state index in [1.807, 2.05) is 36.1 Å². The van der Waals surface area contributed by atoms with Crippen LogP contribution in [0, 0.1) is 6.92 Å². The van der Waals surface area contributed by atoms with E-state index in [9.17, 15) is 9.59 Å². The summed E-state index contributed by atoms with van der Waals surface area (Å²) in [5.41, 5.74) is 1.73. The van der Waals surface area contributed by atoms with Crippen molar-refractivity contribution in [1.29, 1.82) is 0 Å². The molecule has 1 aliphatic heterocycles. The van der Waals surface area contributed by atoms with Crippen LogP contribution >= 0.6 is 46.8 Å². The fraction of sp³-hybridized carbons (Fsp3) is 0.208. The summed E-state index contributed by atoms with van der Waals surface area (Å²) in [6, 6.07) is 12.5. The van der Waals surface area contributed by atoms with Crippen LogP contribution in [0.15, 0.2) is 51.7 Å². The number of thiocarbonyl (C=S) groups is 1. The van der Waals surface area contributed by atoms with Crippen LogP contribution in [0.5, 0.6) is 0 Å². The number of carbonyl (C=O) groups excluding carboxylic acids is 1. The summed E-state index contributed by atoms with van der Waals surface area (Å²) in [6.45, 7) is 4.11. The second-order valence-electron chi connectivity index (χ2n) is 8.05. The number of rotatable bonds is 2. The number of anilines is 1. The van der Waals surface area contributed by atoms with Gasteiger partial charge >= 0.3 is 5.63 Å². The molecule has 1 N–H and O–H groups in total. The summed E-state index contributed by atoms with van der Waals surface area (Å²) >= 11 is 19.5.